The normalized spacial score (nSPS) is 16.4. The number of ether oxygens (including phenoxy) is 1. The summed E-state index contributed by atoms with van der Waals surface area (Å²) < 4.78 is 5.77. The second kappa shape index (κ2) is 6.43. The molecule has 0 saturated heterocycles. The van der Waals surface area contributed by atoms with Crippen molar-refractivity contribution in [2.45, 2.75) is 26.8 Å². The summed E-state index contributed by atoms with van der Waals surface area (Å²) in [6.45, 7) is 5.35. The minimum atomic E-state index is -1.07. The first kappa shape index (κ1) is 16.8. The second-order valence-corrected chi connectivity index (χ2v) is 6.18. The third-order valence-corrected chi connectivity index (χ3v) is 4.14. The van der Waals surface area contributed by atoms with E-state index in [1.807, 2.05) is 44.2 Å². The SMILES string of the molecule is Cc1ccc(/C=C2/Oc3ccc(C)cc3N(C(C)C(=O)O)C2=O)cc1. The van der Waals surface area contributed by atoms with Crippen molar-refractivity contribution >= 4 is 23.6 Å². The smallest absolute Gasteiger partial charge is 0.326 e. The highest BCUT2D eigenvalue weighted by Crippen LogP contribution is 2.37. The third-order valence-electron chi connectivity index (χ3n) is 4.14. The van der Waals surface area contributed by atoms with Crippen LogP contribution in [0.1, 0.15) is 23.6 Å². The molecule has 1 heterocycles. The number of benzene rings is 2. The summed E-state index contributed by atoms with van der Waals surface area (Å²) in [7, 11) is 0. The van der Waals surface area contributed by atoms with Gasteiger partial charge < -0.3 is 9.84 Å². The zero-order valence-corrected chi connectivity index (χ0v) is 14.3. The molecule has 128 valence electrons. The van der Waals surface area contributed by atoms with Crippen molar-refractivity contribution in [1.82, 2.24) is 0 Å². The molecule has 0 fully saturated rings. The highest BCUT2D eigenvalue weighted by atomic mass is 16.5. The Morgan fingerprint density at radius 2 is 1.76 bits per heavy atom. The van der Waals surface area contributed by atoms with Crippen LogP contribution in [0.2, 0.25) is 0 Å². The van der Waals surface area contributed by atoms with E-state index >= 15 is 0 Å². The van der Waals surface area contributed by atoms with Gasteiger partial charge in [0.1, 0.15) is 6.04 Å². The Morgan fingerprint density at radius 3 is 2.40 bits per heavy atom. The molecule has 0 radical (unpaired) electrons. The third kappa shape index (κ3) is 3.26. The van der Waals surface area contributed by atoms with E-state index in [0.29, 0.717) is 11.4 Å². The Kier molecular flexibility index (Phi) is 4.31. The van der Waals surface area contributed by atoms with Crippen LogP contribution in [-0.2, 0) is 9.59 Å². The van der Waals surface area contributed by atoms with Gasteiger partial charge in [-0.15, -0.1) is 0 Å². The summed E-state index contributed by atoms with van der Waals surface area (Å²) in [5.74, 6) is -0.962. The van der Waals surface area contributed by atoms with Gasteiger partial charge in [-0.1, -0.05) is 35.9 Å². The molecule has 0 spiro atoms. The molecule has 0 saturated carbocycles. The van der Waals surface area contributed by atoms with Crippen LogP contribution in [0.25, 0.3) is 6.08 Å². The van der Waals surface area contributed by atoms with E-state index in [2.05, 4.69) is 0 Å². The second-order valence-electron chi connectivity index (χ2n) is 6.18. The molecule has 1 N–H and O–H groups in total. The predicted molar refractivity (Wildman–Crippen MR) is 95.5 cm³/mol. The molecular formula is C20H19NO4. The molecule has 0 aromatic heterocycles. The molecular weight excluding hydrogens is 318 g/mol. The van der Waals surface area contributed by atoms with Crippen molar-refractivity contribution in [3.63, 3.8) is 0 Å². The van der Waals surface area contributed by atoms with Crippen LogP contribution in [0.3, 0.4) is 0 Å². The molecule has 25 heavy (non-hydrogen) atoms. The lowest BCUT2D eigenvalue weighted by atomic mass is 10.1. The van der Waals surface area contributed by atoms with Gasteiger partial charge in [-0.2, -0.15) is 0 Å². The maximum absolute atomic E-state index is 12.9. The van der Waals surface area contributed by atoms with E-state index < -0.39 is 17.9 Å². The van der Waals surface area contributed by atoms with Crippen LogP contribution < -0.4 is 9.64 Å². The zero-order chi connectivity index (χ0) is 18.1. The number of nitrogens with zero attached hydrogens (tertiary/aromatic N) is 1. The fourth-order valence-corrected chi connectivity index (χ4v) is 2.69. The number of amides is 1. The fourth-order valence-electron chi connectivity index (χ4n) is 2.69. The number of rotatable bonds is 3. The van der Waals surface area contributed by atoms with Gasteiger partial charge in [-0.3, -0.25) is 9.69 Å². The van der Waals surface area contributed by atoms with E-state index in [4.69, 9.17) is 4.74 Å². The summed E-state index contributed by atoms with van der Waals surface area (Å²) in [6.07, 6.45) is 1.63. The van der Waals surface area contributed by atoms with E-state index in [1.165, 1.54) is 11.8 Å². The number of carbonyl (C=O) groups excluding carboxylic acids is 1. The average molecular weight is 337 g/mol. The molecule has 2 aromatic rings. The Balaban J connectivity index is 2.09. The number of carboxylic acid groups (broad SMARTS) is 1. The topological polar surface area (TPSA) is 66.8 Å². The van der Waals surface area contributed by atoms with Crippen LogP contribution in [0.15, 0.2) is 48.2 Å². The lowest BCUT2D eigenvalue weighted by molar-refractivity contribution is -0.139. The molecule has 0 aliphatic carbocycles. The number of carbonyl (C=O) groups is 2. The van der Waals surface area contributed by atoms with Crippen molar-refractivity contribution in [3.8, 4) is 5.75 Å². The fraction of sp³-hybridized carbons (Fsp3) is 0.200. The quantitative estimate of drug-likeness (QED) is 0.870. The monoisotopic (exact) mass is 337 g/mol. The number of aryl methyl sites for hydroxylation is 2. The number of carboxylic acids is 1. The largest absolute Gasteiger partial charge is 0.480 e. The van der Waals surface area contributed by atoms with E-state index in [9.17, 15) is 14.7 Å². The Morgan fingerprint density at radius 1 is 1.12 bits per heavy atom. The van der Waals surface area contributed by atoms with Crippen molar-refractivity contribution in [2.75, 3.05) is 4.90 Å². The number of fused-ring (bicyclic) bond motifs is 1. The van der Waals surface area contributed by atoms with E-state index in [1.54, 1.807) is 18.2 Å². The highest BCUT2D eigenvalue weighted by Gasteiger charge is 2.36. The van der Waals surface area contributed by atoms with Crippen molar-refractivity contribution in [2.24, 2.45) is 0 Å². The van der Waals surface area contributed by atoms with Crippen LogP contribution >= 0.6 is 0 Å². The molecule has 5 heteroatoms. The number of aliphatic carboxylic acids is 1. The van der Waals surface area contributed by atoms with Gasteiger partial charge in [0.2, 0.25) is 0 Å². The van der Waals surface area contributed by atoms with Gasteiger partial charge >= 0.3 is 5.97 Å². The van der Waals surface area contributed by atoms with Gasteiger partial charge in [0.15, 0.2) is 11.5 Å². The maximum atomic E-state index is 12.9. The van der Waals surface area contributed by atoms with Crippen LogP contribution in [-0.4, -0.2) is 23.0 Å². The van der Waals surface area contributed by atoms with Crippen LogP contribution in [0.4, 0.5) is 5.69 Å². The van der Waals surface area contributed by atoms with Gasteiger partial charge in [0.05, 0.1) is 5.69 Å². The summed E-state index contributed by atoms with van der Waals surface area (Å²) >= 11 is 0. The zero-order valence-electron chi connectivity index (χ0n) is 14.3. The molecule has 1 amide bonds. The molecule has 5 nitrogen and oxygen atoms in total. The number of hydrogen-bond acceptors (Lipinski definition) is 3. The first-order chi connectivity index (χ1) is 11.9. The summed E-state index contributed by atoms with van der Waals surface area (Å²) in [5, 5.41) is 9.40. The van der Waals surface area contributed by atoms with Gasteiger partial charge in [0.25, 0.3) is 5.91 Å². The molecule has 2 aromatic carbocycles. The van der Waals surface area contributed by atoms with Crippen LogP contribution in [0.5, 0.6) is 5.75 Å². The standard InChI is InChI=1S/C20H19NO4/c1-12-4-7-15(8-5-12)11-18-19(22)21(14(3)20(23)24)16-10-13(2)6-9-17(16)25-18/h4-11,14H,1-3H3,(H,23,24)/b18-11+. The van der Waals surface area contributed by atoms with E-state index in [-0.39, 0.29) is 5.76 Å². The van der Waals surface area contributed by atoms with Crippen molar-refractivity contribution < 1.29 is 19.4 Å². The summed E-state index contributed by atoms with van der Waals surface area (Å²) in [4.78, 5) is 25.6. The first-order valence-electron chi connectivity index (χ1n) is 8.00. The summed E-state index contributed by atoms with van der Waals surface area (Å²) in [5.41, 5.74) is 3.32. The molecule has 1 unspecified atom stereocenters. The predicted octanol–water partition coefficient (Wildman–Crippen LogP) is 3.54. The van der Waals surface area contributed by atoms with Gasteiger partial charge in [0, 0.05) is 0 Å². The first-order valence-corrected chi connectivity index (χ1v) is 8.00. The Labute approximate surface area is 146 Å². The molecule has 1 aliphatic heterocycles. The van der Waals surface area contributed by atoms with Gasteiger partial charge in [-0.05, 0) is 50.1 Å². The number of hydrogen-bond donors (Lipinski definition) is 1. The summed E-state index contributed by atoms with van der Waals surface area (Å²) in [6, 6.07) is 12.0. The Bertz CT molecular complexity index is 868. The van der Waals surface area contributed by atoms with E-state index in [0.717, 1.165) is 16.7 Å². The Hall–Kier alpha value is -3.08. The van der Waals surface area contributed by atoms with Crippen molar-refractivity contribution in [1.29, 1.82) is 0 Å². The van der Waals surface area contributed by atoms with Gasteiger partial charge in [-0.25, -0.2) is 4.79 Å². The average Bonchev–Trinajstić information content (AvgIpc) is 2.57. The number of anilines is 1. The minimum Gasteiger partial charge on any atom is -0.480 e. The maximum Gasteiger partial charge on any atom is 0.326 e. The molecule has 3 rings (SSSR count). The molecule has 1 atom stereocenters. The van der Waals surface area contributed by atoms with Crippen LogP contribution in [0, 0.1) is 13.8 Å². The molecule has 1 aliphatic rings. The lowest BCUT2D eigenvalue weighted by Crippen LogP contribution is -2.47. The minimum absolute atomic E-state index is 0.105. The highest BCUT2D eigenvalue weighted by molar-refractivity contribution is 6.12. The van der Waals surface area contributed by atoms with Crippen molar-refractivity contribution in [3.05, 3.63) is 64.9 Å². The molecule has 0 bridgehead atoms. The lowest BCUT2D eigenvalue weighted by Gasteiger charge is -2.33.